The van der Waals surface area contributed by atoms with E-state index in [4.69, 9.17) is 10.5 Å². The lowest BCUT2D eigenvalue weighted by atomic mass is 10.1. The van der Waals surface area contributed by atoms with Crippen LogP contribution in [0, 0.1) is 5.92 Å². The summed E-state index contributed by atoms with van der Waals surface area (Å²) in [7, 11) is -3.26. The summed E-state index contributed by atoms with van der Waals surface area (Å²) in [5.74, 6) is 0.241. The second-order valence-electron chi connectivity index (χ2n) is 4.49. The Balaban J connectivity index is 3.88. The maximum Gasteiger partial charge on any atom is 0.213 e. The van der Waals surface area contributed by atoms with Gasteiger partial charge >= 0.3 is 0 Å². The van der Waals surface area contributed by atoms with Gasteiger partial charge in [-0.05, 0) is 19.8 Å². The van der Waals surface area contributed by atoms with Gasteiger partial charge in [0.25, 0.3) is 0 Å². The van der Waals surface area contributed by atoms with Gasteiger partial charge in [-0.2, -0.15) is 0 Å². The van der Waals surface area contributed by atoms with E-state index in [0.29, 0.717) is 0 Å². The van der Waals surface area contributed by atoms with E-state index in [-0.39, 0.29) is 37.0 Å². The predicted molar refractivity (Wildman–Crippen MR) is 65.7 cm³/mol. The van der Waals surface area contributed by atoms with E-state index in [2.05, 4.69) is 4.72 Å². The normalized spacial score (nSPS) is 14.7. The summed E-state index contributed by atoms with van der Waals surface area (Å²) in [5.41, 5.74) is 5.74. The molecule has 0 aliphatic heterocycles. The molecule has 0 aliphatic rings. The fraction of sp³-hybridized carbons (Fsp3) is 1.00. The summed E-state index contributed by atoms with van der Waals surface area (Å²) in [6.07, 6.45) is 0.0492. The van der Waals surface area contributed by atoms with Gasteiger partial charge in [0, 0.05) is 12.6 Å². The first-order valence-electron chi connectivity index (χ1n) is 5.59. The van der Waals surface area contributed by atoms with Crippen molar-refractivity contribution in [1.82, 2.24) is 4.72 Å². The Bertz CT molecular complexity index is 276. The zero-order valence-electron chi connectivity index (χ0n) is 10.6. The number of sulfonamides is 1. The third-order valence-electron chi connectivity index (χ3n) is 2.20. The number of rotatable bonds is 8. The van der Waals surface area contributed by atoms with Crippen molar-refractivity contribution in [3.05, 3.63) is 0 Å². The minimum absolute atomic E-state index is 0.0179. The van der Waals surface area contributed by atoms with Crippen LogP contribution in [0.2, 0.25) is 0 Å². The van der Waals surface area contributed by atoms with E-state index in [9.17, 15) is 8.42 Å². The van der Waals surface area contributed by atoms with Crippen molar-refractivity contribution >= 4 is 10.0 Å². The van der Waals surface area contributed by atoms with Crippen molar-refractivity contribution in [2.24, 2.45) is 11.7 Å². The average Bonchev–Trinajstić information content (AvgIpc) is 2.13. The highest BCUT2D eigenvalue weighted by molar-refractivity contribution is 7.89. The molecule has 0 aromatic heterocycles. The Morgan fingerprint density at radius 3 is 2.25 bits per heavy atom. The van der Waals surface area contributed by atoms with Crippen molar-refractivity contribution in [2.45, 2.75) is 39.8 Å². The average molecular weight is 252 g/mol. The summed E-state index contributed by atoms with van der Waals surface area (Å²) in [6, 6.07) is -0.152. The minimum Gasteiger partial charge on any atom is -0.378 e. The number of nitrogens with one attached hydrogen (secondary N) is 1. The zero-order valence-corrected chi connectivity index (χ0v) is 11.4. The molecular formula is C10H24N2O3S. The summed E-state index contributed by atoms with van der Waals surface area (Å²) >= 11 is 0. The Kier molecular flexibility index (Phi) is 7.14. The highest BCUT2D eigenvalue weighted by Crippen LogP contribution is 1.97. The number of ether oxygens (including phenoxy) is 1. The Morgan fingerprint density at radius 2 is 1.81 bits per heavy atom. The molecule has 0 spiro atoms. The molecular weight excluding hydrogens is 228 g/mol. The van der Waals surface area contributed by atoms with Gasteiger partial charge in [0.2, 0.25) is 10.0 Å². The molecule has 1 unspecified atom stereocenters. The molecule has 6 heteroatoms. The highest BCUT2D eigenvalue weighted by atomic mass is 32.2. The van der Waals surface area contributed by atoms with Gasteiger partial charge in [-0.3, -0.25) is 0 Å². The summed E-state index contributed by atoms with van der Waals surface area (Å²) in [6.45, 7) is 8.15. The molecule has 0 aromatic rings. The van der Waals surface area contributed by atoms with Crippen LogP contribution in [0.4, 0.5) is 0 Å². The molecule has 0 heterocycles. The van der Waals surface area contributed by atoms with Crippen LogP contribution in [0.25, 0.3) is 0 Å². The van der Waals surface area contributed by atoms with Crippen molar-refractivity contribution in [3.63, 3.8) is 0 Å². The van der Waals surface area contributed by atoms with Crippen LogP contribution in [0.5, 0.6) is 0 Å². The van der Waals surface area contributed by atoms with Crippen LogP contribution in [0.3, 0.4) is 0 Å². The SMILES string of the molecule is CC(C)OCCS(=O)(=O)NCC(N)C(C)C. The minimum atomic E-state index is -3.26. The quantitative estimate of drug-likeness (QED) is 0.651. The van der Waals surface area contributed by atoms with Crippen molar-refractivity contribution in [1.29, 1.82) is 0 Å². The fourth-order valence-electron chi connectivity index (χ4n) is 0.925. The van der Waals surface area contributed by atoms with E-state index >= 15 is 0 Å². The van der Waals surface area contributed by atoms with Crippen LogP contribution >= 0.6 is 0 Å². The number of nitrogens with two attached hydrogens (primary N) is 1. The predicted octanol–water partition coefficient (Wildman–Crippen LogP) is 0.314. The Labute approximate surface area is 98.8 Å². The maximum atomic E-state index is 11.5. The number of hydrogen-bond acceptors (Lipinski definition) is 4. The van der Waals surface area contributed by atoms with Crippen LogP contribution < -0.4 is 10.5 Å². The lowest BCUT2D eigenvalue weighted by Crippen LogP contribution is -2.41. The maximum absolute atomic E-state index is 11.5. The first-order chi connectivity index (χ1) is 7.24. The second-order valence-corrected chi connectivity index (χ2v) is 6.42. The Hall–Kier alpha value is -0.170. The van der Waals surface area contributed by atoms with Gasteiger partial charge in [0.05, 0.1) is 18.5 Å². The third kappa shape index (κ3) is 8.04. The highest BCUT2D eigenvalue weighted by Gasteiger charge is 2.14. The van der Waals surface area contributed by atoms with Gasteiger partial charge in [-0.1, -0.05) is 13.8 Å². The van der Waals surface area contributed by atoms with Gasteiger partial charge in [-0.15, -0.1) is 0 Å². The molecule has 0 amide bonds. The lowest BCUT2D eigenvalue weighted by Gasteiger charge is -2.16. The van der Waals surface area contributed by atoms with Crippen molar-refractivity contribution in [3.8, 4) is 0 Å². The zero-order chi connectivity index (χ0) is 12.8. The van der Waals surface area contributed by atoms with Gasteiger partial charge < -0.3 is 10.5 Å². The van der Waals surface area contributed by atoms with E-state index in [1.165, 1.54) is 0 Å². The van der Waals surface area contributed by atoms with E-state index in [1.807, 2.05) is 27.7 Å². The van der Waals surface area contributed by atoms with Gasteiger partial charge in [0.15, 0.2) is 0 Å². The lowest BCUT2D eigenvalue weighted by molar-refractivity contribution is 0.0911. The largest absolute Gasteiger partial charge is 0.378 e. The summed E-state index contributed by atoms with van der Waals surface area (Å²) in [5, 5.41) is 0. The molecule has 1 atom stereocenters. The molecule has 3 N–H and O–H groups in total. The van der Waals surface area contributed by atoms with Crippen LogP contribution in [0.15, 0.2) is 0 Å². The number of hydrogen-bond donors (Lipinski definition) is 2. The topological polar surface area (TPSA) is 81.4 Å². The second kappa shape index (κ2) is 7.21. The standard InChI is InChI=1S/C10H24N2O3S/c1-8(2)10(11)7-12-16(13,14)6-5-15-9(3)4/h8-10,12H,5-7,11H2,1-4H3. The van der Waals surface area contributed by atoms with Gasteiger partial charge in [-0.25, -0.2) is 13.1 Å². The van der Waals surface area contributed by atoms with Crippen molar-refractivity contribution < 1.29 is 13.2 Å². The van der Waals surface area contributed by atoms with Crippen LogP contribution in [0.1, 0.15) is 27.7 Å². The molecule has 0 rings (SSSR count). The Morgan fingerprint density at radius 1 is 1.25 bits per heavy atom. The first kappa shape index (κ1) is 15.8. The van der Waals surface area contributed by atoms with E-state index < -0.39 is 10.0 Å². The smallest absolute Gasteiger partial charge is 0.213 e. The summed E-state index contributed by atoms with van der Waals surface area (Å²) in [4.78, 5) is 0. The third-order valence-corrected chi connectivity index (χ3v) is 3.51. The molecule has 0 saturated heterocycles. The molecule has 0 aromatic carbocycles. The van der Waals surface area contributed by atoms with E-state index in [1.54, 1.807) is 0 Å². The van der Waals surface area contributed by atoms with Gasteiger partial charge in [0.1, 0.15) is 0 Å². The molecule has 0 radical (unpaired) electrons. The van der Waals surface area contributed by atoms with Crippen molar-refractivity contribution in [2.75, 3.05) is 18.9 Å². The molecule has 16 heavy (non-hydrogen) atoms. The molecule has 0 fully saturated rings. The van der Waals surface area contributed by atoms with Crippen LogP contribution in [-0.2, 0) is 14.8 Å². The monoisotopic (exact) mass is 252 g/mol. The summed E-state index contributed by atoms with van der Waals surface area (Å²) < 4.78 is 30.6. The molecule has 0 saturated carbocycles. The molecule has 98 valence electrons. The molecule has 5 nitrogen and oxygen atoms in total. The van der Waals surface area contributed by atoms with Crippen LogP contribution in [-0.4, -0.2) is 39.5 Å². The van der Waals surface area contributed by atoms with E-state index in [0.717, 1.165) is 0 Å². The fourth-order valence-corrected chi connectivity index (χ4v) is 1.83. The molecule has 0 bridgehead atoms. The molecule has 0 aliphatic carbocycles. The first-order valence-corrected chi connectivity index (χ1v) is 7.24.